The Hall–Kier alpha value is -2.71. The van der Waals surface area contributed by atoms with Crippen molar-refractivity contribution in [3.63, 3.8) is 0 Å². The van der Waals surface area contributed by atoms with Crippen LogP contribution in [0.5, 0.6) is 0 Å². The molecule has 0 amide bonds. The molecule has 8 heteroatoms. The quantitative estimate of drug-likeness (QED) is 0.0215. The molecule has 0 aliphatic rings. The zero-order chi connectivity index (χ0) is 43.5. The van der Waals surface area contributed by atoms with Gasteiger partial charge in [-0.1, -0.05) is 165 Å². The average Bonchev–Trinajstić information content (AvgIpc) is 3.19. The van der Waals surface area contributed by atoms with Crippen molar-refractivity contribution in [2.24, 2.45) is 0 Å². The van der Waals surface area contributed by atoms with Crippen LogP contribution in [-0.4, -0.2) is 80.6 Å². The molecule has 0 aromatic carbocycles. The summed E-state index contributed by atoms with van der Waals surface area (Å²) in [5, 5.41) is 9.64. The maximum Gasteiger partial charge on any atom is 0.362 e. The van der Waals surface area contributed by atoms with Crippen molar-refractivity contribution in [1.82, 2.24) is 0 Å². The highest BCUT2D eigenvalue weighted by Crippen LogP contribution is 2.14. The molecule has 1 N–H and O–H groups in total. The molecule has 2 unspecified atom stereocenters. The van der Waals surface area contributed by atoms with Crippen molar-refractivity contribution < 1.29 is 38.2 Å². The van der Waals surface area contributed by atoms with Crippen LogP contribution in [0.1, 0.15) is 206 Å². The van der Waals surface area contributed by atoms with Crippen LogP contribution in [-0.2, 0) is 28.6 Å². The van der Waals surface area contributed by atoms with Gasteiger partial charge in [-0.15, -0.1) is 0 Å². The summed E-state index contributed by atoms with van der Waals surface area (Å²) in [5.74, 6) is -1.49. The third-order valence-corrected chi connectivity index (χ3v) is 10.7. The second-order valence-corrected chi connectivity index (χ2v) is 17.4. The number of allylic oxidation sites excluding steroid dienone is 8. The van der Waals surface area contributed by atoms with Crippen LogP contribution in [0.3, 0.4) is 0 Å². The number of carbonyl (C=O) groups is 3. The SMILES string of the molecule is CCCCC/C=C/C/C=C/CCCCCCCCCC(=O)OCC(COCCC(C(=O)O)[N+](C)(C)C)OC(=O)CCCCCCC/C=C/C=C/CCCCCCCCC. The predicted molar refractivity (Wildman–Crippen MR) is 248 cm³/mol. The second kappa shape index (κ2) is 42.0. The number of hydrogen-bond acceptors (Lipinski definition) is 6. The van der Waals surface area contributed by atoms with Crippen molar-refractivity contribution in [3.8, 4) is 0 Å². The number of aliphatic carboxylic acids is 1. The maximum absolute atomic E-state index is 12.8. The number of likely N-dealkylation sites (N-methyl/N-ethyl adjacent to an activating group) is 1. The lowest BCUT2D eigenvalue weighted by molar-refractivity contribution is -0.887. The first-order chi connectivity index (χ1) is 28.6. The molecule has 0 saturated heterocycles. The van der Waals surface area contributed by atoms with Crippen LogP contribution in [0.15, 0.2) is 48.6 Å². The van der Waals surface area contributed by atoms with Gasteiger partial charge in [-0.25, -0.2) is 4.79 Å². The number of nitrogens with zero attached hydrogens (tertiary/aromatic N) is 1. The molecule has 0 fully saturated rings. The van der Waals surface area contributed by atoms with E-state index in [1.54, 1.807) is 0 Å². The summed E-state index contributed by atoms with van der Waals surface area (Å²) in [6, 6.07) is -0.620. The fourth-order valence-electron chi connectivity index (χ4n) is 6.94. The molecule has 0 rings (SSSR count). The molecular weight excluding hydrogens is 739 g/mol. The summed E-state index contributed by atoms with van der Waals surface area (Å²) in [6.07, 6.45) is 50.1. The number of unbranched alkanes of at least 4 members (excludes halogenated alkanes) is 22. The molecule has 0 spiro atoms. The lowest BCUT2D eigenvalue weighted by Crippen LogP contribution is -2.50. The fourth-order valence-corrected chi connectivity index (χ4v) is 6.94. The summed E-state index contributed by atoms with van der Waals surface area (Å²) in [5.41, 5.74) is 0. The summed E-state index contributed by atoms with van der Waals surface area (Å²) in [4.78, 5) is 37.1. The van der Waals surface area contributed by atoms with Crippen molar-refractivity contribution >= 4 is 17.9 Å². The van der Waals surface area contributed by atoms with Crippen LogP contribution < -0.4 is 0 Å². The van der Waals surface area contributed by atoms with Gasteiger partial charge in [0.15, 0.2) is 12.1 Å². The van der Waals surface area contributed by atoms with E-state index in [2.05, 4.69) is 62.5 Å². The number of carbonyl (C=O) groups excluding carboxylic acids is 2. The molecule has 342 valence electrons. The lowest BCUT2D eigenvalue weighted by atomic mass is 10.1. The Labute approximate surface area is 363 Å². The number of hydrogen-bond donors (Lipinski definition) is 1. The summed E-state index contributed by atoms with van der Waals surface area (Å²) in [6.45, 7) is 4.69. The van der Waals surface area contributed by atoms with E-state index in [1.807, 2.05) is 21.1 Å². The average molecular weight is 831 g/mol. The summed E-state index contributed by atoms with van der Waals surface area (Å²) >= 11 is 0. The third kappa shape index (κ3) is 40.5. The summed E-state index contributed by atoms with van der Waals surface area (Å²) in [7, 11) is 5.52. The number of carboxylic acids is 1. The minimum atomic E-state index is -0.879. The Morgan fingerprint density at radius 1 is 0.525 bits per heavy atom. The molecule has 0 saturated carbocycles. The molecule has 0 radical (unpaired) electrons. The van der Waals surface area contributed by atoms with E-state index in [-0.39, 0.29) is 36.2 Å². The third-order valence-electron chi connectivity index (χ3n) is 10.7. The molecule has 59 heavy (non-hydrogen) atoms. The minimum Gasteiger partial charge on any atom is -0.477 e. The summed E-state index contributed by atoms with van der Waals surface area (Å²) < 4.78 is 17.3. The van der Waals surface area contributed by atoms with Gasteiger partial charge >= 0.3 is 17.9 Å². The topological polar surface area (TPSA) is 99.1 Å². The number of rotatable bonds is 43. The Bertz CT molecular complexity index is 1110. The molecule has 0 aliphatic carbocycles. The first-order valence-corrected chi connectivity index (χ1v) is 24.2. The van der Waals surface area contributed by atoms with Gasteiger partial charge < -0.3 is 23.8 Å². The molecule has 2 atom stereocenters. The van der Waals surface area contributed by atoms with E-state index in [4.69, 9.17) is 14.2 Å². The highest BCUT2D eigenvalue weighted by atomic mass is 16.6. The van der Waals surface area contributed by atoms with Gasteiger partial charge in [0.1, 0.15) is 6.61 Å². The van der Waals surface area contributed by atoms with Crippen LogP contribution in [0.25, 0.3) is 0 Å². The van der Waals surface area contributed by atoms with Crippen molar-refractivity contribution in [2.75, 3.05) is 41.0 Å². The van der Waals surface area contributed by atoms with Crippen molar-refractivity contribution in [2.45, 2.75) is 219 Å². The van der Waals surface area contributed by atoms with Gasteiger partial charge in [-0.05, 0) is 70.6 Å². The Balaban J connectivity index is 4.34. The highest BCUT2D eigenvalue weighted by Gasteiger charge is 2.31. The predicted octanol–water partition coefficient (Wildman–Crippen LogP) is 13.6. The fraction of sp³-hybridized carbons (Fsp3) is 0.784. The molecule has 0 aliphatic heterocycles. The van der Waals surface area contributed by atoms with Crippen molar-refractivity contribution in [1.29, 1.82) is 0 Å². The number of carboxylic acid groups (broad SMARTS) is 1. The van der Waals surface area contributed by atoms with Crippen LogP contribution in [0.4, 0.5) is 0 Å². The van der Waals surface area contributed by atoms with Crippen LogP contribution in [0, 0.1) is 0 Å². The Kier molecular flexibility index (Phi) is 40.1. The molecule has 0 bridgehead atoms. The standard InChI is InChI=1S/C51H91NO7/c1-6-8-10-12-14-16-18-20-22-24-26-28-30-32-34-36-38-40-42-50(54)59-47(45-57-44-43-48(51(55)56)52(3,4)5)46-58-49(53)41-39-37-35-33-31-29-27-25-23-21-19-17-15-13-11-9-7-2/h15,17,21-24,26,28,47-48H,6-14,16,18-20,25,27,29-46H2,1-5H3/p+1/b17-15+,23-21+,24-22+,28-26+. The Morgan fingerprint density at radius 3 is 1.44 bits per heavy atom. The van der Waals surface area contributed by atoms with E-state index in [0.717, 1.165) is 70.6 Å². The minimum absolute atomic E-state index is 0.0519. The van der Waals surface area contributed by atoms with Crippen LogP contribution in [0.2, 0.25) is 0 Å². The lowest BCUT2D eigenvalue weighted by Gasteiger charge is -2.31. The zero-order valence-electron chi connectivity index (χ0n) is 39.0. The zero-order valence-corrected chi connectivity index (χ0v) is 39.0. The van der Waals surface area contributed by atoms with E-state index in [9.17, 15) is 19.5 Å². The van der Waals surface area contributed by atoms with Gasteiger partial charge in [0.05, 0.1) is 34.4 Å². The van der Waals surface area contributed by atoms with Crippen molar-refractivity contribution in [3.05, 3.63) is 48.6 Å². The molecular formula is C51H92NO7+. The first-order valence-electron chi connectivity index (χ1n) is 24.2. The van der Waals surface area contributed by atoms with Crippen LogP contribution >= 0.6 is 0 Å². The maximum atomic E-state index is 12.8. The number of ether oxygens (including phenoxy) is 3. The smallest absolute Gasteiger partial charge is 0.362 e. The van der Waals surface area contributed by atoms with Gasteiger partial charge in [0.25, 0.3) is 0 Å². The second-order valence-electron chi connectivity index (χ2n) is 17.4. The van der Waals surface area contributed by atoms with E-state index in [1.165, 1.54) is 103 Å². The molecule has 0 aromatic heterocycles. The van der Waals surface area contributed by atoms with Gasteiger partial charge in [-0.2, -0.15) is 0 Å². The molecule has 0 aromatic rings. The van der Waals surface area contributed by atoms with E-state index in [0.29, 0.717) is 19.3 Å². The van der Waals surface area contributed by atoms with Gasteiger partial charge in [0, 0.05) is 19.3 Å². The molecule has 8 nitrogen and oxygen atoms in total. The number of quaternary nitrogens is 1. The Morgan fingerprint density at radius 2 is 0.949 bits per heavy atom. The first kappa shape index (κ1) is 56.3. The van der Waals surface area contributed by atoms with Gasteiger partial charge in [0.2, 0.25) is 0 Å². The van der Waals surface area contributed by atoms with E-state index < -0.39 is 18.1 Å². The largest absolute Gasteiger partial charge is 0.477 e. The van der Waals surface area contributed by atoms with Gasteiger partial charge in [-0.3, -0.25) is 9.59 Å². The monoisotopic (exact) mass is 831 g/mol. The number of esters is 2. The van der Waals surface area contributed by atoms with E-state index >= 15 is 0 Å². The molecule has 0 heterocycles. The highest BCUT2D eigenvalue weighted by molar-refractivity contribution is 5.72. The normalized spacial score (nSPS) is 13.3.